The van der Waals surface area contributed by atoms with Gasteiger partial charge in [0.25, 0.3) is 5.91 Å². The second-order valence-electron chi connectivity index (χ2n) is 5.81. The van der Waals surface area contributed by atoms with Crippen LogP contribution in [0.4, 0.5) is 0 Å². The predicted octanol–water partition coefficient (Wildman–Crippen LogP) is 1.30. The van der Waals surface area contributed by atoms with Gasteiger partial charge in [0.15, 0.2) is 5.76 Å². The molecule has 0 radical (unpaired) electrons. The van der Waals surface area contributed by atoms with E-state index in [1.54, 1.807) is 6.92 Å². The molecule has 0 aliphatic carbocycles. The fraction of sp³-hybridized carbons (Fsp3) is 0.375. The van der Waals surface area contributed by atoms with E-state index < -0.39 is 11.7 Å². The highest BCUT2D eigenvalue weighted by Crippen LogP contribution is 2.27. The quantitative estimate of drug-likeness (QED) is 0.873. The lowest BCUT2D eigenvalue weighted by Crippen LogP contribution is -2.55. The predicted molar refractivity (Wildman–Crippen MR) is 79.1 cm³/mol. The summed E-state index contributed by atoms with van der Waals surface area (Å²) < 4.78 is 5.22. The van der Waals surface area contributed by atoms with Crippen molar-refractivity contribution in [2.45, 2.75) is 25.0 Å². The Balaban J connectivity index is 1.84. The largest absolute Gasteiger partial charge is 0.388 e. The van der Waals surface area contributed by atoms with Crippen LogP contribution in [0.15, 0.2) is 41.1 Å². The molecule has 2 heterocycles. The molecule has 0 unspecified atom stereocenters. The molecule has 0 spiro atoms. The number of aromatic nitrogens is 1. The molecule has 6 heteroatoms. The molecular weight excluding hydrogens is 284 g/mol. The maximum absolute atomic E-state index is 12.6. The van der Waals surface area contributed by atoms with Crippen LogP contribution in [0, 0.1) is 0 Å². The van der Waals surface area contributed by atoms with Gasteiger partial charge >= 0.3 is 0 Å². The number of aliphatic hydroxyl groups is 2. The molecular formula is C16H18N2O4. The van der Waals surface area contributed by atoms with Gasteiger partial charge in [-0.1, -0.05) is 35.5 Å². The molecule has 116 valence electrons. The Morgan fingerprint density at radius 1 is 1.41 bits per heavy atom. The van der Waals surface area contributed by atoms with Crippen molar-refractivity contribution in [1.82, 2.24) is 10.1 Å². The maximum Gasteiger partial charge on any atom is 0.259 e. The van der Waals surface area contributed by atoms with Crippen molar-refractivity contribution in [1.29, 1.82) is 0 Å². The normalized spacial score (nSPS) is 25.2. The number of hydrogen-bond donors (Lipinski definition) is 2. The van der Waals surface area contributed by atoms with E-state index >= 15 is 0 Å². The number of rotatable bonds is 2. The fourth-order valence-electron chi connectivity index (χ4n) is 2.57. The number of likely N-dealkylation sites (tertiary alicyclic amines) is 1. The third-order valence-corrected chi connectivity index (χ3v) is 4.12. The molecule has 2 N–H and O–H groups in total. The molecule has 1 aliphatic heterocycles. The monoisotopic (exact) mass is 302 g/mol. The highest BCUT2D eigenvalue weighted by molar-refractivity contribution is 5.99. The van der Waals surface area contributed by atoms with Crippen LogP contribution in [0.25, 0.3) is 11.3 Å². The number of carbonyl (C=O) groups excluding carboxylic acids is 1. The molecule has 1 fully saturated rings. The zero-order chi connectivity index (χ0) is 15.7. The third-order valence-electron chi connectivity index (χ3n) is 4.12. The second kappa shape index (κ2) is 5.55. The first-order chi connectivity index (χ1) is 10.5. The first-order valence-corrected chi connectivity index (χ1v) is 7.19. The van der Waals surface area contributed by atoms with Crippen LogP contribution in [0.1, 0.15) is 23.7 Å². The molecule has 1 aliphatic rings. The topological polar surface area (TPSA) is 86.8 Å². The van der Waals surface area contributed by atoms with E-state index in [9.17, 15) is 15.0 Å². The summed E-state index contributed by atoms with van der Waals surface area (Å²) in [6.45, 7) is 2.04. The van der Waals surface area contributed by atoms with Gasteiger partial charge in [0, 0.05) is 18.7 Å². The Bertz CT molecular complexity index is 666. The highest BCUT2D eigenvalue weighted by Gasteiger charge is 2.38. The minimum atomic E-state index is -1.16. The standard InChI is InChI=1S/C16H18N2O4/c1-16(21)7-8-18(10-13(16)19)15(20)12-9-17-22-14(12)11-5-3-2-4-6-11/h2-6,9,13,19,21H,7-8,10H2,1H3/t13-,16-/m0/s1. The lowest BCUT2D eigenvalue weighted by molar-refractivity contribution is -0.0999. The SMILES string of the molecule is C[C@]1(O)CCN(C(=O)c2cnoc2-c2ccccc2)C[C@@H]1O. The zero-order valence-electron chi connectivity index (χ0n) is 12.3. The molecule has 1 aromatic heterocycles. The Labute approximate surface area is 128 Å². The summed E-state index contributed by atoms with van der Waals surface area (Å²) in [5.41, 5.74) is -0.0268. The lowest BCUT2D eigenvalue weighted by atomic mass is 9.90. The van der Waals surface area contributed by atoms with Gasteiger partial charge in [-0.3, -0.25) is 4.79 Å². The van der Waals surface area contributed by atoms with Crippen molar-refractivity contribution in [3.8, 4) is 11.3 Å². The number of amides is 1. The Morgan fingerprint density at radius 3 is 2.82 bits per heavy atom. The van der Waals surface area contributed by atoms with Gasteiger partial charge in [0.1, 0.15) is 5.56 Å². The van der Waals surface area contributed by atoms with Crippen molar-refractivity contribution >= 4 is 5.91 Å². The van der Waals surface area contributed by atoms with Gasteiger partial charge in [-0.25, -0.2) is 0 Å². The fourth-order valence-corrected chi connectivity index (χ4v) is 2.57. The summed E-state index contributed by atoms with van der Waals surface area (Å²) in [4.78, 5) is 14.2. The highest BCUT2D eigenvalue weighted by atomic mass is 16.5. The molecule has 3 rings (SSSR count). The van der Waals surface area contributed by atoms with Gasteiger partial charge < -0.3 is 19.6 Å². The summed E-state index contributed by atoms with van der Waals surface area (Å²) >= 11 is 0. The number of carbonyl (C=O) groups is 1. The van der Waals surface area contributed by atoms with Gasteiger partial charge in [-0.15, -0.1) is 0 Å². The molecule has 0 bridgehead atoms. The lowest BCUT2D eigenvalue weighted by Gasteiger charge is -2.39. The minimum absolute atomic E-state index is 0.0885. The molecule has 22 heavy (non-hydrogen) atoms. The number of nitrogens with zero attached hydrogens (tertiary/aromatic N) is 2. The van der Waals surface area contributed by atoms with Crippen LogP contribution in [0.3, 0.4) is 0 Å². The van der Waals surface area contributed by atoms with E-state index in [1.165, 1.54) is 11.1 Å². The molecule has 6 nitrogen and oxygen atoms in total. The smallest absolute Gasteiger partial charge is 0.259 e. The van der Waals surface area contributed by atoms with E-state index in [4.69, 9.17) is 4.52 Å². The first-order valence-electron chi connectivity index (χ1n) is 7.19. The second-order valence-corrected chi connectivity index (χ2v) is 5.81. The molecule has 1 saturated heterocycles. The number of aliphatic hydroxyl groups excluding tert-OH is 1. The summed E-state index contributed by atoms with van der Waals surface area (Å²) in [5.74, 6) is 0.159. The van der Waals surface area contributed by atoms with Crippen LogP contribution in [-0.2, 0) is 0 Å². The number of benzene rings is 1. The van der Waals surface area contributed by atoms with E-state index in [2.05, 4.69) is 5.16 Å². The van der Waals surface area contributed by atoms with E-state index in [0.29, 0.717) is 24.3 Å². The Hall–Kier alpha value is -2.18. The van der Waals surface area contributed by atoms with E-state index in [1.807, 2.05) is 30.3 Å². The van der Waals surface area contributed by atoms with Crippen molar-refractivity contribution in [3.05, 3.63) is 42.1 Å². The Morgan fingerprint density at radius 2 is 2.14 bits per heavy atom. The van der Waals surface area contributed by atoms with Gasteiger partial charge in [0.05, 0.1) is 17.9 Å². The van der Waals surface area contributed by atoms with Crippen LogP contribution >= 0.6 is 0 Å². The molecule has 1 aromatic carbocycles. The zero-order valence-corrected chi connectivity index (χ0v) is 12.3. The van der Waals surface area contributed by atoms with Crippen LogP contribution in [0.5, 0.6) is 0 Å². The first kappa shape index (κ1) is 14.7. The van der Waals surface area contributed by atoms with Crippen molar-refractivity contribution < 1.29 is 19.5 Å². The summed E-state index contributed by atoms with van der Waals surface area (Å²) in [6, 6.07) is 9.27. The average Bonchev–Trinajstić information content (AvgIpc) is 3.00. The number of β-amino-alcohol motifs (C(OH)–C–C–N with tert-alkyl or cyclic N) is 1. The van der Waals surface area contributed by atoms with Crippen molar-refractivity contribution in [2.24, 2.45) is 0 Å². The molecule has 2 atom stereocenters. The summed E-state index contributed by atoms with van der Waals surface area (Å²) in [7, 11) is 0. The summed E-state index contributed by atoms with van der Waals surface area (Å²) in [6.07, 6.45) is 0.751. The molecule has 0 saturated carbocycles. The molecule has 1 amide bonds. The van der Waals surface area contributed by atoms with Crippen LogP contribution in [-0.4, -0.2) is 51.0 Å². The molecule has 2 aromatic rings. The van der Waals surface area contributed by atoms with Crippen LogP contribution < -0.4 is 0 Å². The van der Waals surface area contributed by atoms with Gasteiger partial charge in [-0.05, 0) is 13.3 Å². The van der Waals surface area contributed by atoms with Crippen molar-refractivity contribution in [2.75, 3.05) is 13.1 Å². The third kappa shape index (κ3) is 2.63. The minimum Gasteiger partial charge on any atom is -0.388 e. The van der Waals surface area contributed by atoms with E-state index in [0.717, 1.165) is 5.56 Å². The van der Waals surface area contributed by atoms with E-state index in [-0.39, 0.29) is 12.5 Å². The Kier molecular flexibility index (Phi) is 3.72. The van der Waals surface area contributed by atoms with Gasteiger partial charge in [0.2, 0.25) is 0 Å². The average molecular weight is 302 g/mol. The number of piperidine rings is 1. The van der Waals surface area contributed by atoms with Crippen LogP contribution in [0.2, 0.25) is 0 Å². The van der Waals surface area contributed by atoms with Crippen molar-refractivity contribution in [3.63, 3.8) is 0 Å². The number of hydrogen-bond acceptors (Lipinski definition) is 5. The van der Waals surface area contributed by atoms with Gasteiger partial charge in [-0.2, -0.15) is 0 Å². The maximum atomic E-state index is 12.6. The summed E-state index contributed by atoms with van der Waals surface area (Å²) in [5, 5.41) is 23.7.